The van der Waals surface area contributed by atoms with Crippen LogP contribution < -0.4 is 10.1 Å². The van der Waals surface area contributed by atoms with Gasteiger partial charge in [0.1, 0.15) is 5.75 Å². The molecule has 140 valence electrons. The van der Waals surface area contributed by atoms with Crippen LogP contribution in [-0.2, 0) is 0 Å². The molecule has 0 spiro atoms. The number of nitrogens with zero attached hydrogens (tertiary/aromatic N) is 1. The van der Waals surface area contributed by atoms with Gasteiger partial charge in [0.2, 0.25) is 0 Å². The number of benzene rings is 1. The fraction of sp³-hybridized carbons (Fsp3) is 0.476. The molecule has 1 saturated heterocycles. The minimum atomic E-state index is -0.0236. The molecule has 1 fully saturated rings. The van der Waals surface area contributed by atoms with Crippen molar-refractivity contribution in [2.45, 2.75) is 38.6 Å². The zero-order valence-electron chi connectivity index (χ0n) is 15.4. The van der Waals surface area contributed by atoms with Gasteiger partial charge in [0.05, 0.1) is 12.6 Å². The van der Waals surface area contributed by atoms with Crippen molar-refractivity contribution in [2.24, 2.45) is 0 Å². The Hall–Kier alpha value is -1.85. The molecule has 1 aliphatic rings. The molecule has 0 aliphatic carbocycles. The zero-order chi connectivity index (χ0) is 18.2. The summed E-state index contributed by atoms with van der Waals surface area (Å²) < 4.78 is 5.66. The standard InChI is InChI=1S/C21H28N2O2S/c1-2-3-13-25-19-8-6-17(7-9-19)21(24)22-15-20(18-10-14-26-16-18)23-11-4-5-12-23/h6-10,14,16,20H,2-5,11-13,15H2,1H3,(H,22,24). The summed E-state index contributed by atoms with van der Waals surface area (Å²) in [5.74, 6) is 0.799. The third-order valence-electron chi connectivity index (χ3n) is 4.85. The fourth-order valence-electron chi connectivity index (χ4n) is 3.30. The van der Waals surface area contributed by atoms with E-state index >= 15 is 0 Å². The molecule has 1 amide bonds. The van der Waals surface area contributed by atoms with E-state index in [9.17, 15) is 4.79 Å². The van der Waals surface area contributed by atoms with Crippen molar-refractivity contribution in [2.75, 3.05) is 26.2 Å². The van der Waals surface area contributed by atoms with Crippen molar-refractivity contribution in [3.8, 4) is 5.75 Å². The summed E-state index contributed by atoms with van der Waals surface area (Å²) >= 11 is 1.71. The van der Waals surface area contributed by atoms with E-state index < -0.39 is 0 Å². The van der Waals surface area contributed by atoms with Crippen LogP contribution >= 0.6 is 11.3 Å². The van der Waals surface area contributed by atoms with Crippen LogP contribution in [0, 0.1) is 0 Å². The molecule has 4 nitrogen and oxygen atoms in total. The first-order valence-corrected chi connectivity index (χ1v) is 10.5. The van der Waals surface area contributed by atoms with E-state index in [2.05, 4.69) is 34.0 Å². The summed E-state index contributed by atoms with van der Waals surface area (Å²) in [6, 6.07) is 9.87. The van der Waals surface area contributed by atoms with Gasteiger partial charge < -0.3 is 10.1 Å². The summed E-state index contributed by atoms with van der Waals surface area (Å²) in [4.78, 5) is 15.0. The van der Waals surface area contributed by atoms with E-state index in [0.717, 1.165) is 38.3 Å². The average Bonchev–Trinajstić information content (AvgIpc) is 3.37. The van der Waals surface area contributed by atoms with Crippen LogP contribution in [0.25, 0.3) is 0 Å². The maximum Gasteiger partial charge on any atom is 0.251 e. The molecule has 2 heterocycles. The Labute approximate surface area is 160 Å². The maximum absolute atomic E-state index is 12.5. The Balaban J connectivity index is 1.56. The predicted octanol–water partition coefficient (Wildman–Crippen LogP) is 4.49. The van der Waals surface area contributed by atoms with Crippen molar-refractivity contribution in [3.05, 3.63) is 52.2 Å². The summed E-state index contributed by atoms with van der Waals surface area (Å²) in [6.45, 7) is 5.73. The number of carbonyl (C=O) groups excluding carboxylic acids is 1. The molecule has 3 rings (SSSR count). The highest BCUT2D eigenvalue weighted by Crippen LogP contribution is 2.26. The van der Waals surface area contributed by atoms with Crippen LogP contribution in [0.1, 0.15) is 54.6 Å². The number of rotatable bonds is 9. The first-order chi connectivity index (χ1) is 12.8. The van der Waals surface area contributed by atoms with Crippen LogP contribution in [0.3, 0.4) is 0 Å². The van der Waals surface area contributed by atoms with Crippen LogP contribution in [-0.4, -0.2) is 37.0 Å². The minimum absolute atomic E-state index is 0.0236. The van der Waals surface area contributed by atoms with Crippen molar-refractivity contribution in [1.29, 1.82) is 0 Å². The van der Waals surface area contributed by atoms with Crippen molar-refractivity contribution < 1.29 is 9.53 Å². The van der Waals surface area contributed by atoms with Gasteiger partial charge in [0.25, 0.3) is 5.91 Å². The Morgan fingerprint density at radius 2 is 2.00 bits per heavy atom. The number of likely N-dealkylation sites (tertiary alicyclic amines) is 1. The number of hydrogen-bond donors (Lipinski definition) is 1. The van der Waals surface area contributed by atoms with E-state index in [1.807, 2.05) is 24.3 Å². The molecular weight excluding hydrogens is 344 g/mol. The molecule has 1 aliphatic heterocycles. The van der Waals surface area contributed by atoms with Gasteiger partial charge in [-0.3, -0.25) is 9.69 Å². The lowest BCUT2D eigenvalue weighted by Crippen LogP contribution is -2.36. The van der Waals surface area contributed by atoms with Gasteiger partial charge in [-0.2, -0.15) is 11.3 Å². The Morgan fingerprint density at radius 3 is 2.65 bits per heavy atom. The average molecular weight is 373 g/mol. The molecule has 1 N–H and O–H groups in total. The number of carbonyl (C=O) groups is 1. The quantitative estimate of drug-likeness (QED) is 0.659. The summed E-state index contributed by atoms with van der Waals surface area (Å²) in [5.41, 5.74) is 1.98. The minimum Gasteiger partial charge on any atom is -0.494 e. The van der Waals surface area contributed by atoms with Crippen LogP contribution in [0.4, 0.5) is 0 Å². The highest BCUT2D eigenvalue weighted by Gasteiger charge is 2.24. The molecule has 0 saturated carbocycles. The summed E-state index contributed by atoms with van der Waals surface area (Å²) in [5, 5.41) is 7.42. The second kappa shape index (κ2) is 9.74. The second-order valence-corrected chi connectivity index (χ2v) is 7.53. The van der Waals surface area contributed by atoms with Crippen molar-refractivity contribution in [1.82, 2.24) is 10.2 Å². The third kappa shape index (κ3) is 5.08. The summed E-state index contributed by atoms with van der Waals surface area (Å²) in [7, 11) is 0. The lowest BCUT2D eigenvalue weighted by atomic mass is 10.1. The van der Waals surface area contributed by atoms with E-state index in [4.69, 9.17) is 4.74 Å². The second-order valence-electron chi connectivity index (χ2n) is 6.75. The largest absolute Gasteiger partial charge is 0.494 e. The van der Waals surface area contributed by atoms with Crippen LogP contribution in [0.5, 0.6) is 5.75 Å². The van der Waals surface area contributed by atoms with Crippen molar-refractivity contribution >= 4 is 17.2 Å². The normalized spacial score (nSPS) is 15.7. The van der Waals surface area contributed by atoms with E-state index in [0.29, 0.717) is 12.1 Å². The first-order valence-electron chi connectivity index (χ1n) is 9.55. The van der Waals surface area contributed by atoms with Crippen LogP contribution in [0.15, 0.2) is 41.1 Å². The monoisotopic (exact) mass is 372 g/mol. The Kier molecular flexibility index (Phi) is 7.09. The molecule has 0 bridgehead atoms. The van der Waals surface area contributed by atoms with Gasteiger partial charge >= 0.3 is 0 Å². The number of hydrogen-bond acceptors (Lipinski definition) is 4. The van der Waals surface area contributed by atoms with Gasteiger partial charge in [-0.25, -0.2) is 0 Å². The number of nitrogens with one attached hydrogen (secondary N) is 1. The van der Waals surface area contributed by atoms with E-state index in [1.165, 1.54) is 18.4 Å². The maximum atomic E-state index is 12.5. The van der Waals surface area contributed by atoms with Gasteiger partial charge in [-0.15, -0.1) is 0 Å². The van der Waals surface area contributed by atoms with Gasteiger partial charge in [-0.1, -0.05) is 13.3 Å². The molecule has 1 aromatic carbocycles. The third-order valence-corrected chi connectivity index (χ3v) is 5.55. The topological polar surface area (TPSA) is 41.6 Å². The number of unbranched alkanes of at least 4 members (excludes halogenated alkanes) is 1. The summed E-state index contributed by atoms with van der Waals surface area (Å²) in [6.07, 6.45) is 4.65. The molecule has 0 radical (unpaired) electrons. The van der Waals surface area contributed by atoms with Gasteiger partial charge in [0.15, 0.2) is 0 Å². The lowest BCUT2D eigenvalue weighted by Gasteiger charge is -2.27. The fourth-order valence-corrected chi connectivity index (χ4v) is 4.01. The Bertz CT molecular complexity index is 664. The molecule has 2 aromatic rings. The van der Waals surface area contributed by atoms with E-state index in [-0.39, 0.29) is 11.9 Å². The van der Waals surface area contributed by atoms with Crippen LogP contribution in [0.2, 0.25) is 0 Å². The molecule has 5 heteroatoms. The molecule has 1 aromatic heterocycles. The number of thiophene rings is 1. The first kappa shape index (κ1) is 18.9. The highest BCUT2D eigenvalue weighted by atomic mass is 32.1. The zero-order valence-corrected chi connectivity index (χ0v) is 16.3. The van der Waals surface area contributed by atoms with Crippen molar-refractivity contribution in [3.63, 3.8) is 0 Å². The molecule has 1 atom stereocenters. The number of ether oxygens (including phenoxy) is 1. The predicted molar refractivity (Wildman–Crippen MR) is 107 cm³/mol. The SMILES string of the molecule is CCCCOc1ccc(C(=O)NCC(c2ccsc2)N2CCCC2)cc1. The van der Waals surface area contributed by atoms with E-state index in [1.54, 1.807) is 11.3 Å². The number of amides is 1. The molecule has 26 heavy (non-hydrogen) atoms. The lowest BCUT2D eigenvalue weighted by molar-refractivity contribution is 0.0938. The molecule has 1 unspecified atom stereocenters. The Morgan fingerprint density at radius 1 is 1.23 bits per heavy atom. The van der Waals surface area contributed by atoms with Gasteiger partial charge in [-0.05, 0) is 79.0 Å². The highest BCUT2D eigenvalue weighted by molar-refractivity contribution is 7.07. The smallest absolute Gasteiger partial charge is 0.251 e. The van der Waals surface area contributed by atoms with Gasteiger partial charge in [0, 0.05) is 12.1 Å². The molecular formula is C21H28N2O2S.